The molecule has 1 aromatic carbocycles. The summed E-state index contributed by atoms with van der Waals surface area (Å²) in [6.45, 7) is 3.48. The monoisotopic (exact) mass is 468 g/mol. The quantitative estimate of drug-likeness (QED) is 0.280. The lowest BCUT2D eigenvalue weighted by Gasteiger charge is -2.11. The van der Waals surface area contributed by atoms with Crippen LogP contribution in [0.2, 0.25) is 0 Å². The summed E-state index contributed by atoms with van der Waals surface area (Å²) in [5, 5.41) is 14.5. The number of methoxy groups -OCH3 is 1. The molecule has 0 saturated heterocycles. The number of hydrogen-bond acceptors (Lipinski definition) is 4. The molecule has 2 aromatic rings. The number of aliphatic imine (C=N–C) groups is 1. The van der Waals surface area contributed by atoms with Crippen molar-refractivity contribution >= 4 is 29.9 Å². The van der Waals surface area contributed by atoms with E-state index >= 15 is 0 Å². The molecule has 0 atom stereocenters. The number of rotatable bonds is 7. The first-order chi connectivity index (χ1) is 12.1. The molecule has 0 amide bonds. The number of terminal acetylenes is 1. The predicted octanol–water partition coefficient (Wildman–Crippen LogP) is 1.66. The molecule has 0 radical (unpaired) electrons. The minimum atomic E-state index is 0. The number of nitrogens with one attached hydrogen (secondary N) is 2. The summed E-state index contributed by atoms with van der Waals surface area (Å²) >= 11 is 0. The van der Waals surface area contributed by atoms with Gasteiger partial charge in [0, 0.05) is 13.6 Å². The van der Waals surface area contributed by atoms with E-state index in [0.717, 1.165) is 30.4 Å². The minimum Gasteiger partial charge on any atom is -0.497 e. The highest BCUT2D eigenvalue weighted by atomic mass is 127. The molecule has 0 spiro atoms. The normalized spacial score (nSPS) is 10.6. The highest BCUT2D eigenvalue weighted by Crippen LogP contribution is 2.11. The number of nitrogens with zero attached hydrogens (tertiary/aromatic N) is 4. The van der Waals surface area contributed by atoms with Gasteiger partial charge in [-0.15, -0.1) is 40.6 Å². The maximum Gasteiger partial charge on any atom is 0.192 e. The standard InChI is InChI=1S/C18H24N6O.HI/c1-5-11-19-18(21-13-17-23-22-14(2)24(17)3)20-12-10-15-6-8-16(25-4)9-7-15;/h1,6-9H,10-13H2,2-4H3,(H2,19,20,21);1H. The molecule has 0 bridgehead atoms. The fourth-order valence-corrected chi connectivity index (χ4v) is 2.16. The molecule has 0 aliphatic rings. The number of guanidine groups is 1. The predicted molar refractivity (Wildman–Crippen MR) is 114 cm³/mol. The zero-order valence-electron chi connectivity index (χ0n) is 15.3. The average molecular weight is 468 g/mol. The second-order valence-electron chi connectivity index (χ2n) is 5.47. The molecule has 2 rings (SSSR count). The third kappa shape index (κ3) is 6.55. The van der Waals surface area contributed by atoms with Crippen LogP contribution >= 0.6 is 24.0 Å². The second kappa shape index (κ2) is 11.4. The van der Waals surface area contributed by atoms with Crippen LogP contribution in [0.3, 0.4) is 0 Å². The van der Waals surface area contributed by atoms with Crippen LogP contribution in [0.15, 0.2) is 29.3 Å². The van der Waals surface area contributed by atoms with Crippen molar-refractivity contribution in [3.63, 3.8) is 0 Å². The van der Waals surface area contributed by atoms with Gasteiger partial charge in [-0.3, -0.25) is 0 Å². The van der Waals surface area contributed by atoms with E-state index in [2.05, 4.69) is 43.9 Å². The van der Waals surface area contributed by atoms with Gasteiger partial charge in [0.2, 0.25) is 0 Å². The molecular weight excluding hydrogens is 443 g/mol. The molecule has 140 valence electrons. The van der Waals surface area contributed by atoms with Crippen LogP contribution in [0.25, 0.3) is 0 Å². The molecule has 0 saturated carbocycles. The van der Waals surface area contributed by atoms with Crippen LogP contribution in [-0.4, -0.2) is 40.9 Å². The summed E-state index contributed by atoms with van der Waals surface area (Å²) < 4.78 is 7.08. The van der Waals surface area contributed by atoms with Gasteiger partial charge in [0.25, 0.3) is 0 Å². The molecule has 0 aliphatic heterocycles. The summed E-state index contributed by atoms with van der Waals surface area (Å²) in [6.07, 6.45) is 6.19. The van der Waals surface area contributed by atoms with Gasteiger partial charge in [-0.2, -0.15) is 0 Å². The van der Waals surface area contributed by atoms with Crippen molar-refractivity contribution in [3.8, 4) is 18.1 Å². The Bertz CT molecular complexity index is 748. The topological polar surface area (TPSA) is 76.4 Å². The summed E-state index contributed by atoms with van der Waals surface area (Å²) in [7, 11) is 3.58. The van der Waals surface area contributed by atoms with Crippen molar-refractivity contribution in [3.05, 3.63) is 41.5 Å². The maximum atomic E-state index is 5.32. The minimum absolute atomic E-state index is 0. The number of benzene rings is 1. The molecule has 0 unspecified atom stereocenters. The van der Waals surface area contributed by atoms with Crippen LogP contribution in [0.1, 0.15) is 17.2 Å². The van der Waals surface area contributed by atoms with Crippen molar-refractivity contribution in [2.24, 2.45) is 12.0 Å². The van der Waals surface area contributed by atoms with Crippen LogP contribution in [0.4, 0.5) is 0 Å². The Labute approximate surface area is 171 Å². The van der Waals surface area contributed by atoms with Crippen LogP contribution in [-0.2, 0) is 20.0 Å². The number of ether oxygens (including phenoxy) is 1. The van der Waals surface area contributed by atoms with Crippen LogP contribution in [0.5, 0.6) is 5.75 Å². The first-order valence-corrected chi connectivity index (χ1v) is 8.07. The van der Waals surface area contributed by atoms with E-state index in [4.69, 9.17) is 11.2 Å². The maximum absolute atomic E-state index is 5.32. The highest BCUT2D eigenvalue weighted by molar-refractivity contribution is 14.0. The summed E-state index contributed by atoms with van der Waals surface area (Å²) in [6, 6.07) is 8.01. The summed E-state index contributed by atoms with van der Waals surface area (Å²) in [5.74, 6) is 5.73. The molecule has 0 fully saturated rings. The molecule has 1 heterocycles. The van der Waals surface area contributed by atoms with Crippen molar-refractivity contribution < 1.29 is 4.74 Å². The van der Waals surface area contributed by atoms with Crippen molar-refractivity contribution in [2.45, 2.75) is 19.9 Å². The molecular formula is C18H25IN6O. The first kappa shape index (κ1) is 21.8. The van der Waals surface area contributed by atoms with E-state index in [-0.39, 0.29) is 24.0 Å². The number of halogens is 1. The Morgan fingerprint density at radius 1 is 1.27 bits per heavy atom. The van der Waals surface area contributed by atoms with E-state index in [9.17, 15) is 0 Å². The Balaban J connectivity index is 0.00000338. The van der Waals surface area contributed by atoms with Gasteiger partial charge < -0.3 is 19.9 Å². The van der Waals surface area contributed by atoms with E-state index in [1.54, 1.807) is 7.11 Å². The fraction of sp³-hybridized carbons (Fsp3) is 0.389. The molecule has 1 aromatic heterocycles. The lowest BCUT2D eigenvalue weighted by Crippen LogP contribution is -2.38. The van der Waals surface area contributed by atoms with Gasteiger partial charge in [-0.1, -0.05) is 18.1 Å². The first-order valence-electron chi connectivity index (χ1n) is 8.07. The van der Waals surface area contributed by atoms with Gasteiger partial charge in [-0.05, 0) is 31.0 Å². The Morgan fingerprint density at radius 3 is 2.58 bits per heavy atom. The molecule has 2 N–H and O–H groups in total. The third-order valence-electron chi connectivity index (χ3n) is 3.78. The smallest absolute Gasteiger partial charge is 0.192 e. The Kier molecular flexibility index (Phi) is 9.51. The van der Waals surface area contributed by atoms with Gasteiger partial charge in [0.15, 0.2) is 11.8 Å². The van der Waals surface area contributed by atoms with Crippen molar-refractivity contribution in [1.29, 1.82) is 0 Å². The average Bonchev–Trinajstić information content (AvgIpc) is 2.96. The fourth-order valence-electron chi connectivity index (χ4n) is 2.16. The highest BCUT2D eigenvalue weighted by Gasteiger charge is 2.05. The van der Waals surface area contributed by atoms with E-state index in [1.165, 1.54) is 5.56 Å². The zero-order chi connectivity index (χ0) is 18.1. The Hall–Kier alpha value is -2.28. The van der Waals surface area contributed by atoms with Crippen molar-refractivity contribution in [2.75, 3.05) is 20.2 Å². The third-order valence-corrected chi connectivity index (χ3v) is 3.78. The van der Waals surface area contributed by atoms with Crippen LogP contribution < -0.4 is 15.4 Å². The number of aromatic nitrogens is 3. The molecule has 0 aliphatic carbocycles. The molecule has 8 heteroatoms. The number of aryl methyl sites for hydroxylation is 1. The lowest BCUT2D eigenvalue weighted by molar-refractivity contribution is 0.414. The van der Waals surface area contributed by atoms with Gasteiger partial charge in [0.1, 0.15) is 18.1 Å². The lowest BCUT2D eigenvalue weighted by atomic mass is 10.1. The summed E-state index contributed by atoms with van der Waals surface area (Å²) in [4.78, 5) is 4.52. The van der Waals surface area contributed by atoms with Gasteiger partial charge >= 0.3 is 0 Å². The second-order valence-corrected chi connectivity index (χ2v) is 5.47. The van der Waals surface area contributed by atoms with Crippen molar-refractivity contribution in [1.82, 2.24) is 25.4 Å². The zero-order valence-corrected chi connectivity index (χ0v) is 17.7. The molecule has 7 nitrogen and oxygen atoms in total. The summed E-state index contributed by atoms with van der Waals surface area (Å²) in [5.41, 5.74) is 1.22. The SMILES string of the molecule is C#CCNC(=NCc1nnc(C)n1C)NCCc1ccc(OC)cc1.I. The van der Waals surface area contributed by atoms with E-state index in [0.29, 0.717) is 19.0 Å². The van der Waals surface area contributed by atoms with E-state index in [1.807, 2.05) is 30.7 Å². The van der Waals surface area contributed by atoms with Gasteiger partial charge in [-0.25, -0.2) is 4.99 Å². The van der Waals surface area contributed by atoms with E-state index < -0.39 is 0 Å². The Morgan fingerprint density at radius 2 is 2.00 bits per heavy atom. The molecule has 26 heavy (non-hydrogen) atoms. The largest absolute Gasteiger partial charge is 0.497 e. The van der Waals surface area contributed by atoms with Crippen LogP contribution in [0, 0.1) is 19.3 Å². The number of hydrogen-bond donors (Lipinski definition) is 2. The van der Waals surface area contributed by atoms with Gasteiger partial charge in [0.05, 0.1) is 13.7 Å².